The van der Waals surface area contributed by atoms with E-state index in [1.165, 1.54) is 58.0 Å². The van der Waals surface area contributed by atoms with E-state index in [0.29, 0.717) is 5.54 Å². The van der Waals surface area contributed by atoms with E-state index in [1.807, 2.05) is 0 Å². The van der Waals surface area contributed by atoms with Crippen LogP contribution >= 0.6 is 0 Å². The van der Waals surface area contributed by atoms with E-state index in [9.17, 15) is 0 Å². The molecule has 0 bridgehead atoms. The Morgan fingerprint density at radius 2 is 1.75 bits per heavy atom. The highest BCUT2D eigenvalue weighted by Gasteiger charge is 2.34. The van der Waals surface area contributed by atoms with Gasteiger partial charge in [-0.2, -0.15) is 0 Å². The first-order valence-electron chi connectivity index (χ1n) is 7.28. The van der Waals surface area contributed by atoms with Crippen LogP contribution in [-0.2, 0) is 0 Å². The van der Waals surface area contributed by atoms with Gasteiger partial charge in [-0.1, -0.05) is 33.1 Å². The quantitative estimate of drug-likeness (QED) is 0.770. The highest BCUT2D eigenvalue weighted by molar-refractivity contribution is 4.96. The Kier molecular flexibility index (Phi) is 4.26. The number of hydrogen-bond donors (Lipinski definition) is 2. The van der Waals surface area contributed by atoms with Gasteiger partial charge in [-0.15, -0.1) is 0 Å². The van der Waals surface area contributed by atoms with Crippen molar-refractivity contribution in [3.8, 4) is 0 Å². The van der Waals surface area contributed by atoms with Crippen molar-refractivity contribution < 1.29 is 0 Å². The lowest BCUT2D eigenvalue weighted by Gasteiger charge is -2.44. The molecule has 2 rings (SSSR count). The molecule has 0 aromatic heterocycles. The van der Waals surface area contributed by atoms with Gasteiger partial charge in [0.25, 0.3) is 0 Å². The molecule has 94 valence electrons. The van der Waals surface area contributed by atoms with Crippen molar-refractivity contribution in [2.75, 3.05) is 13.1 Å². The third-order valence-electron chi connectivity index (χ3n) is 4.97. The van der Waals surface area contributed by atoms with Crippen LogP contribution in [0.3, 0.4) is 0 Å². The maximum Gasteiger partial charge on any atom is 0.0301 e. The normalized spacial score (nSPS) is 31.5. The van der Waals surface area contributed by atoms with Crippen LogP contribution in [0.5, 0.6) is 0 Å². The van der Waals surface area contributed by atoms with E-state index in [1.54, 1.807) is 0 Å². The van der Waals surface area contributed by atoms with Crippen molar-refractivity contribution in [2.24, 2.45) is 5.92 Å². The second-order valence-corrected chi connectivity index (χ2v) is 5.75. The van der Waals surface area contributed by atoms with Crippen LogP contribution < -0.4 is 10.6 Å². The first-order valence-corrected chi connectivity index (χ1v) is 7.28. The molecule has 0 radical (unpaired) electrons. The van der Waals surface area contributed by atoms with Crippen LogP contribution in [0, 0.1) is 5.92 Å². The summed E-state index contributed by atoms with van der Waals surface area (Å²) >= 11 is 0. The van der Waals surface area contributed by atoms with E-state index in [4.69, 9.17) is 0 Å². The van der Waals surface area contributed by atoms with Crippen LogP contribution in [0.1, 0.15) is 58.8 Å². The molecule has 0 aromatic rings. The minimum atomic E-state index is 0.380. The van der Waals surface area contributed by atoms with Gasteiger partial charge in [0.2, 0.25) is 0 Å². The Hall–Kier alpha value is -0.0800. The molecule has 1 heterocycles. The number of nitrogens with one attached hydrogen (secondary N) is 2. The van der Waals surface area contributed by atoms with Crippen molar-refractivity contribution in [1.82, 2.24) is 10.6 Å². The summed E-state index contributed by atoms with van der Waals surface area (Å²) in [6.07, 6.45) is 9.76. The minimum Gasteiger partial charge on any atom is -0.311 e. The van der Waals surface area contributed by atoms with Crippen LogP contribution in [0.4, 0.5) is 0 Å². The molecule has 2 nitrogen and oxygen atoms in total. The van der Waals surface area contributed by atoms with E-state index < -0.39 is 0 Å². The van der Waals surface area contributed by atoms with Gasteiger partial charge >= 0.3 is 0 Å². The molecule has 1 unspecified atom stereocenters. The molecule has 2 aliphatic rings. The standard InChI is InChI=1S/C14H28N2/c1-3-14(4-2)11-15-13(10-16-14)12-8-6-5-7-9-12/h12-13,15-16H,3-11H2,1-2H3. The first kappa shape index (κ1) is 12.4. The third kappa shape index (κ3) is 2.60. The van der Waals surface area contributed by atoms with Gasteiger partial charge in [0.1, 0.15) is 0 Å². The Bertz CT molecular complexity index is 195. The maximum absolute atomic E-state index is 3.82. The SMILES string of the molecule is CCC1(CC)CNC(C2CCCCC2)CN1. The molecule has 0 amide bonds. The Labute approximate surface area is 101 Å². The summed E-state index contributed by atoms with van der Waals surface area (Å²) < 4.78 is 0. The molecular formula is C14H28N2. The highest BCUT2D eigenvalue weighted by atomic mass is 15.1. The molecule has 1 aliphatic carbocycles. The van der Waals surface area contributed by atoms with Gasteiger partial charge in [0.15, 0.2) is 0 Å². The van der Waals surface area contributed by atoms with E-state index in [0.717, 1.165) is 12.0 Å². The summed E-state index contributed by atoms with van der Waals surface area (Å²) in [7, 11) is 0. The lowest BCUT2D eigenvalue weighted by Crippen LogP contribution is -2.64. The van der Waals surface area contributed by atoms with Crippen molar-refractivity contribution in [3.05, 3.63) is 0 Å². The van der Waals surface area contributed by atoms with Gasteiger partial charge in [-0.05, 0) is 31.6 Å². The predicted molar refractivity (Wildman–Crippen MR) is 69.7 cm³/mol. The number of piperazine rings is 1. The summed E-state index contributed by atoms with van der Waals surface area (Å²) in [5.41, 5.74) is 0.380. The van der Waals surface area contributed by atoms with E-state index in [2.05, 4.69) is 24.5 Å². The van der Waals surface area contributed by atoms with Crippen LogP contribution in [0.25, 0.3) is 0 Å². The zero-order chi connectivity index (χ0) is 11.4. The van der Waals surface area contributed by atoms with Crippen molar-refractivity contribution >= 4 is 0 Å². The molecule has 1 atom stereocenters. The fourth-order valence-electron chi connectivity index (χ4n) is 3.41. The fraction of sp³-hybridized carbons (Fsp3) is 1.00. The zero-order valence-electron chi connectivity index (χ0n) is 11.0. The van der Waals surface area contributed by atoms with Crippen molar-refractivity contribution in [1.29, 1.82) is 0 Å². The molecule has 0 spiro atoms. The second-order valence-electron chi connectivity index (χ2n) is 5.75. The molecule has 2 fully saturated rings. The summed E-state index contributed by atoms with van der Waals surface area (Å²) in [6, 6.07) is 0.742. The topological polar surface area (TPSA) is 24.1 Å². The fourth-order valence-corrected chi connectivity index (χ4v) is 3.41. The average molecular weight is 224 g/mol. The predicted octanol–water partition coefficient (Wildman–Crippen LogP) is 2.69. The lowest BCUT2D eigenvalue weighted by atomic mass is 9.81. The molecule has 2 heteroatoms. The van der Waals surface area contributed by atoms with E-state index >= 15 is 0 Å². The summed E-state index contributed by atoms with van der Waals surface area (Å²) in [6.45, 7) is 6.96. The van der Waals surface area contributed by atoms with Gasteiger partial charge in [-0.3, -0.25) is 0 Å². The van der Waals surface area contributed by atoms with Crippen molar-refractivity contribution in [2.45, 2.75) is 70.4 Å². The van der Waals surface area contributed by atoms with Gasteiger partial charge in [0.05, 0.1) is 0 Å². The van der Waals surface area contributed by atoms with Crippen molar-refractivity contribution in [3.63, 3.8) is 0 Å². The molecule has 16 heavy (non-hydrogen) atoms. The first-order chi connectivity index (χ1) is 7.79. The lowest BCUT2D eigenvalue weighted by molar-refractivity contribution is 0.166. The maximum atomic E-state index is 3.82. The summed E-state index contributed by atoms with van der Waals surface area (Å²) in [5.74, 6) is 0.938. The molecular weight excluding hydrogens is 196 g/mol. The zero-order valence-corrected chi connectivity index (χ0v) is 11.0. The number of rotatable bonds is 3. The molecule has 0 aromatic carbocycles. The van der Waals surface area contributed by atoms with Crippen LogP contribution in [0.2, 0.25) is 0 Å². The average Bonchev–Trinajstić information content (AvgIpc) is 2.40. The summed E-state index contributed by atoms with van der Waals surface area (Å²) in [5, 5.41) is 7.64. The minimum absolute atomic E-state index is 0.380. The highest BCUT2D eigenvalue weighted by Crippen LogP contribution is 2.28. The molecule has 1 saturated carbocycles. The largest absolute Gasteiger partial charge is 0.311 e. The van der Waals surface area contributed by atoms with Crippen LogP contribution in [0.15, 0.2) is 0 Å². The smallest absolute Gasteiger partial charge is 0.0301 e. The van der Waals surface area contributed by atoms with Crippen LogP contribution in [-0.4, -0.2) is 24.7 Å². The third-order valence-corrected chi connectivity index (χ3v) is 4.97. The molecule has 2 N–H and O–H groups in total. The van der Waals surface area contributed by atoms with E-state index in [-0.39, 0.29) is 0 Å². The molecule has 1 aliphatic heterocycles. The Morgan fingerprint density at radius 3 is 2.25 bits per heavy atom. The Morgan fingerprint density at radius 1 is 1.06 bits per heavy atom. The Balaban J connectivity index is 1.84. The number of hydrogen-bond acceptors (Lipinski definition) is 2. The molecule has 1 saturated heterocycles. The van der Waals surface area contributed by atoms with Gasteiger partial charge < -0.3 is 10.6 Å². The second kappa shape index (κ2) is 5.50. The van der Waals surface area contributed by atoms with Gasteiger partial charge in [0, 0.05) is 24.7 Å². The summed E-state index contributed by atoms with van der Waals surface area (Å²) in [4.78, 5) is 0. The van der Waals surface area contributed by atoms with Gasteiger partial charge in [-0.25, -0.2) is 0 Å². The monoisotopic (exact) mass is 224 g/mol.